The molecule has 33 heavy (non-hydrogen) atoms. The summed E-state index contributed by atoms with van der Waals surface area (Å²) in [7, 11) is 0. The van der Waals surface area contributed by atoms with E-state index in [4.69, 9.17) is 22.3 Å². The van der Waals surface area contributed by atoms with Crippen LogP contribution in [0.1, 0.15) is 51.9 Å². The summed E-state index contributed by atoms with van der Waals surface area (Å²) in [5, 5.41) is 19.9. The first kappa shape index (κ1) is 28.1. The summed E-state index contributed by atoms with van der Waals surface area (Å²) in [4.78, 5) is 53.2. The van der Waals surface area contributed by atoms with E-state index < -0.39 is 35.9 Å². The topological polar surface area (TPSA) is 227 Å². The molecule has 188 valence electrons. The Morgan fingerprint density at radius 1 is 1.03 bits per heavy atom. The summed E-state index contributed by atoms with van der Waals surface area (Å²) in [6.07, 6.45) is 3.76. The molecule has 13 heteroatoms. The summed E-state index contributed by atoms with van der Waals surface area (Å²) in [6, 6.07) is -3.36. The van der Waals surface area contributed by atoms with Crippen molar-refractivity contribution in [1.29, 1.82) is 0 Å². The van der Waals surface area contributed by atoms with Crippen LogP contribution in [0.15, 0.2) is 4.99 Å². The molecule has 0 bridgehead atoms. The highest BCUT2D eigenvalue weighted by molar-refractivity contribution is 5.94. The average molecular weight is 471 g/mol. The number of carboxylic acid groups (broad SMARTS) is 1. The van der Waals surface area contributed by atoms with Gasteiger partial charge in [-0.2, -0.15) is 0 Å². The largest absolute Gasteiger partial charge is 0.480 e. The van der Waals surface area contributed by atoms with E-state index in [1.165, 1.54) is 6.92 Å². The minimum atomic E-state index is -1.20. The number of amides is 3. The smallest absolute Gasteiger partial charge is 0.325 e. The van der Waals surface area contributed by atoms with Crippen LogP contribution in [0, 0.1) is 0 Å². The number of nitrogens with zero attached hydrogens (tertiary/aromatic N) is 1. The number of rotatable bonds is 15. The highest BCUT2D eigenvalue weighted by Crippen LogP contribution is 2.08. The average Bonchev–Trinajstić information content (AvgIpc) is 3.29. The van der Waals surface area contributed by atoms with E-state index in [2.05, 4.69) is 26.3 Å². The molecule has 0 aromatic rings. The first-order valence-corrected chi connectivity index (χ1v) is 11.3. The maximum absolute atomic E-state index is 13.0. The Balaban J connectivity index is 2.87. The molecule has 3 amide bonds. The third-order valence-corrected chi connectivity index (χ3v) is 5.26. The lowest BCUT2D eigenvalue weighted by atomic mass is 10.1. The number of hydrogen-bond donors (Lipinski definition) is 8. The molecular formula is C20H38N8O5. The summed E-state index contributed by atoms with van der Waals surface area (Å²) in [5.74, 6) is -2.74. The van der Waals surface area contributed by atoms with Crippen LogP contribution in [0.4, 0.5) is 0 Å². The number of hydrogen-bond acceptors (Lipinski definition) is 7. The molecule has 1 heterocycles. The first-order valence-electron chi connectivity index (χ1n) is 11.3. The fourth-order valence-corrected chi connectivity index (χ4v) is 3.36. The summed E-state index contributed by atoms with van der Waals surface area (Å²) in [6.45, 7) is 2.75. The van der Waals surface area contributed by atoms with Crippen LogP contribution >= 0.6 is 0 Å². The number of guanidine groups is 1. The van der Waals surface area contributed by atoms with E-state index in [0.717, 1.165) is 13.0 Å². The second-order valence-electron chi connectivity index (χ2n) is 8.07. The predicted octanol–water partition coefficient (Wildman–Crippen LogP) is -2.52. The van der Waals surface area contributed by atoms with Gasteiger partial charge in [0.15, 0.2) is 5.96 Å². The van der Waals surface area contributed by atoms with Crippen molar-refractivity contribution in [2.24, 2.45) is 22.2 Å². The number of unbranched alkanes of at least 4 members (excludes halogenated alkanes) is 1. The highest BCUT2D eigenvalue weighted by Gasteiger charge is 2.30. The van der Waals surface area contributed by atoms with Crippen molar-refractivity contribution in [3.05, 3.63) is 0 Å². The van der Waals surface area contributed by atoms with Crippen LogP contribution < -0.4 is 38.5 Å². The molecule has 0 radical (unpaired) electrons. The molecule has 0 spiro atoms. The lowest BCUT2D eigenvalue weighted by Gasteiger charge is -2.24. The lowest BCUT2D eigenvalue weighted by molar-refractivity contribution is -0.141. The van der Waals surface area contributed by atoms with Gasteiger partial charge in [0, 0.05) is 6.54 Å². The van der Waals surface area contributed by atoms with Gasteiger partial charge in [-0.15, -0.1) is 0 Å². The molecule has 1 saturated heterocycles. The number of aliphatic carboxylic acids is 1. The quantitative estimate of drug-likeness (QED) is 0.0716. The maximum Gasteiger partial charge on any atom is 0.325 e. The summed E-state index contributed by atoms with van der Waals surface area (Å²) < 4.78 is 0. The number of nitrogens with two attached hydrogens (primary N) is 3. The van der Waals surface area contributed by atoms with Gasteiger partial charge in [-0.1, -0.05) is 0 Å². The molecule has 0 saturated carbocycles. The van der Waals surface area contributed by atoms with Gasteiger partial charge < -0.3 is 43.6 Å². The molecule has 13 nitrogen and oxygen atoms in total. The highest BCUT2D eigenvalue weighted by atomic mass is 16.4. The Bertz CT molecular complexity index is 692. The Hall–Kier alpha value is -2.93. The summed E-state index contributed by atoms with van der Waals surface area (Å²) >= 11 is 0. The fraction of sp³-hybridized carbons (Fsp3) is 0.750. The molecule has 0 aromatic carbocycles. The zero-order valence-electron chi connectivity index (χ0n) is 19.1. The Morgan fingerprint density at radius 3 is 2.24 bits per heavy atom. The second-order valence-corrected chi connectivity index (χ2v) is 8.07. The zero-order chi connectivity index (χ0) is 24.8. The van der Waals surface area contributed by atoms with Gasteiger partial charge in [-0.05, 0) is 65.0 Å². The molecule has 0 aromatic heterocycles. The predicted molar refractivity (Wildman–Crippen MR) is 123 cm³/mol. The van der Waals surface area contributed by atoms with Crippen LogP contribution in [0.2, 0.25) is 0 Å². The van der Waals surface area contributed by atoms with E-state index in [1.54, 1.807) is 0 Å². The number of nitrogens with one attached hydrogen (secondary N) is 4. The van der Waals surface area contributed by atoms with Gasteiger partial charge in [0.2, 0.25) is 17.7 Å². The van der Waals surface area contributed by atoms with Gasteiger partial charge in [-0.3, -0.25) is 24.2 Å². The van der Waals surface area contributed by atoms with E-state index >= 15 is 0 Å². The van der Waals surface area contributed by atoms with E-state index in [0.29, 0.717) is 38.6 Å². The molecule has 4 atom stereocenters. The van der Waals surface area contributed by atoms with Crippen molar-refractivity contribution >= 4 is 29.7 Å². The molecular weight excluding hydrogens is 432 g/mol. The minimum Gasteiger partial charge on any atom is -0.480 e. The van der Waals surface area contributed by atoms with E-state index in [-0.39, 0.29) is 30.9 Å². The Labute approximate surface area is 193 Å². The monoisotopic (exact) mass is 470 g/mol. The normalized spacial score (nSPS) is 17.9. The van der Waals surface area contributed by atoms with Crippen LogP contribution in [-0.2, 0) is 19.2 Å². The van der Waals surface area contributed by atoms with Gasteiger partial charge >= 0.3 is 5.97 Å². The third kappa shape index (κ3) is 11.0. The van der Waals surface area contributed by atoms with Crippen molar-refractivity contribution in [3.8, 4) is 0 Å². The molecule has 1 aliphatic heterocycles. The zero-order valence-corrected chi connectivity index (χ0v) is 19.1. The van der Waals surface area contributed by atoms with E-state index in [9.17, 15) is 19.2 Å². The Kier molecular flexibility index (Phi) is 12.8. The Morgan fingerprint density at radius 2 is 1.67 bits per heavy atom. The van der Waals surface area contributed by atoms with Gasteiger partial charge in [-0.25, -0.2) is 0 Å². The van der Waals surface area contributed by atoms with Crippen molar-refractivity contribution in [3.63, 3.8) is 0 Å². The molecule has 4 unspecified atom stereocenters. The number of aliphatic imine (C=N–C) groups is 1. The van der Waals surface area contributed by atoms with Crippen LogP contribution in [0.25, 0.3) is 0 Å². The molecule has 0 aliphatic carbocycles. The maximum atomic E-state index is 13.0. The van der Waals surface area contributed by atoms with Crippen molar-refractivity contribution in [1.82, 2.24) is 21.3 Å². The van der Waals surface area contributed by atoms with Crippen LogP contribution in [-0.4, -0.2) is 78.6 Å². The van der Waals surface area contributed by atoms with Gasteiger partial charge in [0.05, 0.1) is 6.04 Å². The van der Waals surface area contributed by atoms with Gasteiger partial charge in [0.1, 0.15) is 18.1 Å². The molecule has 1 fully saturated rings. The number of carboxylic acids is 1. The standard InChI is InChI=1S/C20H38N8O5/c1-12(19(32)33)26-17(30)15(8-5-11-25-20(22)23)28-18(31)14(6-2-3-9-21)27-16(29)13-7-4-10-24-13/h12-15,24H,2-11,21H2,1H3,(H,26,30)(H,27,29)(H,28,31)(H,32,33)(H4,22,23,25). The van der Waals surface area contributed by atoms with Crippen molar-refractivity contribution < 1.29 is 24.3 Å². The fourth-order valence-electron chi connectivity index (χ4n) is 3.36. The number of carbonyl (C=O) groups is 4. The first-order chi connectivity index (χ1) is 15.6. The third-order valence-electron chi connectivity index (χ3n) is 5.26. The van der Waals surface area contributed by atoms with Crippen molar-refractivity contribution in [2.45, 2.75) is 76.0 Å². The lowest BCUT2D eigenvalue weighted by Crippen LogP contribution is -2.56. The van der Waals surface area contributed by atoms with Crippen molar-refractivity contribution in [2.75, 3.05) is 19.6 Å². The van der Waals surface area contributed by atoms with Crippen LogP contribution in [0.3, 0.4) is 0 Å². The molecule has 1 aliphatic rings. The SMILES string of the molecule is CC(NC(=O)C(CCCN=C(N)N)NC(=O)C(CCCCN)NC(=O)C1CCCN1)C(=O)O. The minimum absolute atomic E-state index is 0.0947. The molecule has 11 N–H and O–H groups in total. The van der Waals surface area contributed by atoms with Gasteiger partial charge in [0.25, 0.3) is 0 Å². The van der Waals surface area contributed by atoms with E-state index in [1.807, 2.05) is 0 Å². The van der Waals surface area contributed by atoms with Crippen LogP contribution in [0.5, 0.6) is 0 Å². The molecule has 1 rings (SSSR count). The second kappa shape index (κ2) is 15.0. The summed E-state index contributed by atoms with van der Waals surface area (Å²) in [5.41, 5.74) is 16.2. The number of carbonyl (C=O) groups excluding carboxylic acids is 3.